The third-order valence-electron chi connectivity index (χ3n) is 4.55. The van der Waals surface area contributed by atoms with Crippen LogP contribution in [0.25, 0.3) is 0 Å². The summed E-state index contributed by atoms with van der Waals surface area (Å²) < 4.78 is 5.24. The maximum absolute atomic E-state index is 5.24. The lowest BCUT2D eigenvalue weighted by atomic mass is 9.83. The number of hydrogen-bond donors (Lipinski definition) is 0. The van der Waals surface area contributed by atoms with Crippen LogP contribution in [-0.2, 0) is 6.42 Å². The van der Waals surface area contributed by atoms with Crippen LogP contribution in [0.3, 0.4) is 0 Å². The zero-order valence-electron chi connectivity index (χ0n) is 12.4. The van der Waals surface area contributed by atoms with Crippen molar-refractivity contribution in [1.82, 2.24) is 4.90 Å². The normalized spacial score (nSPS) is 21.9. The summed E-state index contributed by atoms with van der Waals surface area (Å²) in [6.07, 6.45) is 10.9. The van der Waals surface area contributed by atoms with Crippen LogP contribution in [0.2, 0.25) is 0 Å². The average molecular weight is 269 g/mol. The van der Waals surface area contributed by atoms with Gasteiger partial charge in [0.25, 0.3) is 0 Å². The fourth-order valence-corrected chi connectivity index (χ4v) is 3.33. The predicted molar refractivity (Wildman–Crippen MR) is 82.9 cm³/mol. The first kappa shape index (κ1) is 13.3. The van der Waals surface area contributed by atoms with E-state index in [4.69, 9.17) is 4.74 Å². The van der Waals surface area contributed by atoms with E-state index in [0.717, 1.165) is 12.2 Å². The molecule has 0 aromatic heterocycles. The molecule has 2 nitrogen and oxygen atoms in total. The molecule has 1 unspecified atom stereocenters. The van der Waals surface area contributed by atoms with Crippen LogP contribution in [0.1, 0.15) is 31.2 Å². The van der Waals surface area contributed by atoms with Crippen LogP contribution in [0.5, 0.6) is 5.75 Å². The molecule has 0 bridgehead atoms. The molecule has 1 aliphatic heterocycles. The molecule has 1 aliphatic carbocycles. The smallest absolute Gasteiger partial charge is 0.118 e. The van der Waals surface area contributed by atoms with Gasteiger partial charge in [-0.1, -0.05) is 12.1 Å². The molecule has 1 aromatic rings. The number of ether oxygens (including phenoxy) is 1. The second-order valence-electron chi connectivity index (χ2n) is 5.81. The molecule has 0 N–H and O–H groups in total. The van der Waals surface area contributed by atoms with E-state index < -0.39 is 0 Å². The van der Waals surface area contributed by atoms with E-state index in [2.05, 4.69) is 48.5 Å². The number of hydrogen-bond acceptors (Lipinski definition) is 2. The van der Waals surface area contributed by atoms with Crippen LogP contribution < -0.4 is 4.74 Å². The van der Waals surface area contributed by atoms with E-state index >= 15 is 0 Å². The molecule has 2 heteroatoms. The molecule has 0 radical (unpaired) electrons. The number of likely N-dealkylation sites (N-methyl/N-ethyl adjacent to an activating group) is 1. The van der Waals surface area contributed by atoms with Crippen molar-refractivity contribution in [3.05, 3.63) is 53.3 Å². The summed E-state index contributed by atoms with van der Waals surface area (Å²) in [5, 5.41) is 0. The Balaban J connectivity index is 1.80. The number of rotatable bonds is 3. The molecule has 1 aromatic carbocycles. The Morgan fingerprint density at radius 2 is 1.90 bits per heavy atom. The number of benzene rings is 1. The monoisotopic (exact) mass is 269 g/mol. The van der Waals surface area contributed by atoms with Gasteiger partial charge in [0.05, 0.1) is 13.2 Å². The van der Waals surface area contributed by atoms with Gasteiger partial charge in [-0.2, -0.15) is 0 Å². The Morgan fingerprint density at radius 1 is 1.15 bits per heavy atom. The van der Waals surface area contributed by atoms with Crippen molar-refractivity contribution >= 4 is 0 Å². The molecule has 0 fully saturated rings. The molecule has 20 heavy (non-hydrogen) atoms. The highest BCUT2D eigenvalue weighted by atomic mass is 16.5. The van der Waals surface area contributed by atoms with Gasteiger partial charge in [-0.15, -0.1) is 0 Å². The number of nitrogens with zero attached hydrogens (tertiary/aromatic N) is 1. The predicted octanol–water partition coefficient (Wildman–Crippen LogP) is 3.94. The van der Waals surface area contributed by atoms with Crippen molar-refractivity contribution in [1.29, 1.82) is 0 Å². The first-order valence-corrected chi connectivity index (χ1v) is 7.53. The van der Waals surface area contributed by atoms with E-state index in [9.17, 15) is 0 Å². The first-order valence-electron chi connectivity index (χ1n) is 7.53. The molecule has 0 spiro atoms. The van der Waals surface area contributed by atoms with E-state index in [0.29, 0.717) is 6.04 Å². The van der Waals surface area contributed by atoms with Gasteiger partial charge in [0.15, 0.2) is 0 Å². The van der Waals surface area contributed by atoms with Crippen LogP contribution in [0, 0.1) is 0 Å². The summed E-state index contributed by atoms with van der Waals surface area (Å²) in [5.41, 5.74) is 4.64. The number of allylic oxidation sites excluding steroid dienone is 2. The highest BCUT2D eigenvalue weighted by Gasteiger charge is 2.25. The molecular weight excluding hydrogens is 246 g/mol. The van der Waals surface area contributed by atoms with Gasteiger partial charge in [0.2, 0.25) is 0 Å². The minimum absolute atomic E-state index is 0.531. The van der Waals surface area contributed by atoms with Crippen molar-refractivity contribution in [2.45, 2.75) is 38.1 Å². The maximum atomic E-state index is 5.24. The molecule has 1 heterocycles. The van der Waals surface area contributed by atoms with Crippen LogP contribution in [-0.4, -0.2) is 25.1 Å². The Kier molecular flexibility index (Phi) is 3.81. The van der Waals surface area contributed by atoms with Crippen molar-refractivity contribution in [3.8, 4) is 5.75 Å². The topological polar surface area (TPSA) is 12.5 Å². The Hall–Kier alpha value is -1.70. The molecule has 0 amide bonds. The van der Waals surface area contributed by atoms with Gasteiger partial charge in [-0.3, -0.25) is 0 Å². The fraction of sp³-hybridized carbons (Fsp3) is 0.444. The van der Waals surface area contributed by atoms with Crippen molar-refractivity contribution in [2.24, 2.45) is 0 Å². The summed E-state index contributed by atoms with van der Waals surface area (Å²) in [6, 6.07) is 9.03. The lowest BCUT2D eigenvalue weighted by Crippen LogP contribution is -2.35. The van der Waals surface area contributed by atoms with Gasteiger partial charge in [-0.05, 0) is 73.2 Å². The van der Waals surface area contributed by atoms with Gasteiger partial charge in [0, 0.05) is 7.05 Å². The van der Waals surface area contributed by atoms with E-state index in [1.165, 1.54) is 31.2 Å². The van der Waals surface area contributed by atoms with Crippen molar-refractivity contribution in [2.75, 3.05) is 14.2 Å². The minimum Gasteiger partial charge on any atom is -0.497 e. The SMILES string of the molecule is COc1ccc(CC2C3=C(C=CN2C)CCCC3)cc1. The van der Waals surface area contributed by atoms with Crippen LogP contribution in [0.4, 0.5) is 0 Å². The van der Waals surface area contributed by atoms with Gasteiger partial charge >= 0.3 is 0 Å². The third-order valence-corrected chi connectivity index (χ3v) is 4.55. The lowest BCUT2D eigenvalue weighted by molar-refractivity contribution is 0.343. The van der Waals surface area contributed by atoms with Gasteiger partial charge in [-0.25, -0.2) is 0 Å². The second-order valence-corrected chi connectivity index (χ2v) is 5.81. The molecule has 1 atom stereocenters. The highest BCUT2D eigenvalue weighted by molar-refractivity contribution is 5.37. The van der Waals surface area contributed by atoms with Crippen LogP contribution >= 0.6 is 0 Å². The Bertz CT molecular complexity index is 527. The Morgan fingerprint density at radius 3 is 2.65 bits per heavy atom. The highest BCUT2D eigenvalue weighted by Crippen LogP contribution is 2.34. The molecule has 0 saturated heterocycles. The first-order chi connectivity index (χ1) is 9.78. The van der Waals surface area contributed by atoms with Gasteiger partial charge < -0.3 is 9.64 Å². The van der Waals surface area contributed by atoms with E-state index in [1.807, 2.05) is 0 Å². The molecular formula is C18H23NO. The van der Waals surface area contributed by atoms with Gasteiger partial charge in [0.1, 0.15) is 5.75 Å². The summed E-state index contributed by atoms with van der Waals surface area (Å²) in [6.45, 7) is 0. The molecule has 0 saturated carbocycles. The largest absolute Gasteiger partial charge is 0.497 e. The number of methoxy groups -OCH3 is 1. The van der Waals surface area contributed by atoms with Crippen LogP contribution in [0.15, 0.2) is 47.7 Å². The zero-order valence-corrected chi connectivity index (χ0v) is 12.4. The summed E-state index contributed by atoms with van der Waals surface area (Å²) >= 11 is 0. The molecule has 3 rings (SSSR count). The van der Waals surface area contributed by atoms with Crippen molar-refractivity contribution < 1.29 is 4.74 Å². The standard InChI is InChI=1S/C18H23NO/c1-19-12-11-15-5-3-4-6-17(15)18(19)13-14-7-9-16(20-2)10-8-14/h7-12,18H,3-6,13H2,1-2H3. The quantitative estimate of drug-likeness (QED) is 0.824. The fourth-order valence-electron chi connectivity index (χ4n) is 3.33. The minimum atomic E-state index is 0.531. The van der Waals surface area contributed by atoms with E-state index in [1.54, 1.807) is 18.3 Å². The summed E-state index contributed by atoms with van der Waals surface area (Å²) in [7, 11) is 3.91. The van der Waals surface area contributed by atoms with Crippen molar-refractivity contribution in [3.63, 3.8) is 0 Å². The average Bonchev–Trinajstić information content (AvgIpc) is 2.51. The summed E-state index contributed by atoms with van der Waals surface area (Å²) in [5.74, 6) is 0.934. The second kappa shape index (κ2) is 5.74. The Labute approximate surface area is 121 Å². The maximum Gasteiger partial charge on any atom is 0.118 e. The molecule has 2 aliphatic rings. The molecule has 106 valence electrons. The third kappa shape index (κ3) is 2.60. The van der Waals surface area contributed by atoms with E-state index in [-0.39, 0.29) is 0 Å². The lowest BCUT2D eigenvalue weighted by Gasteiger charge is -2.36. The zero-order chi connectivity index (χ0) is 13.9. The summed E-state index contributed by atoms with van der Waals surface area (Å²) in [4.78, 5) is 2.37.